The predicted octanol–water partition coefficient (Wildman–Crippen LogP) is 4.95. The lowest BCUT2D eigenvalue weighted by atomic mass is 9.53. The van der Waals surface area contributed by atoms with Crippen LogP contribution in [0.15, 0.2) is 54.9 Å². The van der Waals surface area contributed by atoms with Gasteiger partial charge in [0.1, 0.15) is 17.4 Å². The highest BCUT2D eigenvalue weighted by atomic mass is 19.4. The molecule has 3 saturated carbocycles. The van der Waals surface area contributed by atoms with E-state index in [-0.39, 0.29) is 40.8 Å². The van der Waals surface area contributed by atoms with E-state index in [1.54, 1.807) is 27.5 Å². The number of carbonyl (C=O) groups is 2. The van der Waals surface area contributed by atoms with Gasteiger partial charge in [-0.2, -0.15) is 18.3 Å². The number of amides is 2. The summed E-state index contributed by atoms with van der Waals surface area (Å²) in [4.78, 5) is 25.3. The molecule has 3 aliphatic carbocycles. The number of ether oxygens (including phenoxy) is 2. The summed E-state index contributed by atoms with van der Waals surface area (Å²) in [5.41, 5.74) is 8.38. The summed E-state index contributed by atoms with van der Waals surface area (Å²) in [6.45, 7) is -0.470. The van der Waals surface area contributed by atoms with E-state index >= 15 is 0 Å². The standard InChI is InChI=1S/C31H31F3N6O4/c32-31(33,34)10-11-43-25-9-8-24-22(16-36-40(24)26(25)18-6-7-18)28(42)37-19-12-30(13-19)14-21(15-30)44-29-23(27(35)41)17-39(38-29)20-4-2-1-3-5-20/h1-5,8-9,16-19,21H,6-7,10-15H2,(H2,35,41)(H,37,42)/t19-,21-,30?. The average molecular weight is 609 g/mol. The van der Waals surface area contributed by atoms with E-state index in [1.165, 1.54) is 6.20 Å². The van der Waals surface area contributed by atoms with E-state index in [0.717, 1.165) is 44.2 Å². The van der Waals surface area contributed by atoms with Gasteiger partial charge in [-0.15, -0.1) is 5.10 Å². The van der Waals surface area contributed by atoms with Crippen molar-refractivity contribution in [2.24, 2.45) is 11.1 Å². The van der Waals surface area contributed by atoms with Crippen LogP contribution in [0.3, 0.4) is 0 Å². The highest BCUT2D eigenvalue weighted by Crippen LogP contribution is 2.57. The third-order valence-electron chi connectivity index (χ3n) is 8.79. The van der Waals surface area contributed by atoms with Gasteiger partial charge in [0.15, 0.2) is 0 Å². The third kappa shape index (κ3) is 5.46. The van der Waals surface area contributed by atoms with Crippen LogP contribution in [0, 0.1) is 5.41 Å². The number of nitrogens with zero attached hydrogens (tertiary/aromatic N) is 4. The fourth-order valence-electron chi connectivity index (χ4n) is 6.52. The number of aromatic nitrogens is 4. The van der Waals surface area contributed by atoms with Crippen molar-refractivity contribution in [3.8, 4) is 17.3 Å². The van der Waals surface area contributed by atoms with Crippen LogP contribution in [-0.2, 0) is 0 Å². The Hall–Kier alpha value is -4.55. The largest absolute Gasteiger partial charge is 0.491 e. The number of halogens is 3. The van der Waals surface area contributed by atoms with Crippen molar-refractivity contribution in [1.82, 2.24) is 24.7 Å². The Kier molecular flexibility index (Phi) is 6.78. The average Bonchev–Trinajstić information content (AvgIpc) is 3.53. The van der Waals surface area contributed by atoms with Gasteiger partial charge in [-0.3, -0.25) is 9.59 Å². The zero-order valence-electron chi connectivity index (χ0n) is 23.7. The number of para-hydroxylation sites is 1. The molecule has 3 fully saturated rings. The minimum atomic E-state index is -4.30. The van der Waals surface area contributed by atoms with Crippen molar-refractivity contribution in [3.63, 3.8) is 0 Å². The molecule has 3 aliphatic rings. The quantitative estimate of drug-likeness (QED) is 0.263. The normalized spacial score (nSPS) is 22.8. The first-order valence-corrected chi connectivity index (χ1v) is 14.7. The topological polar surface area (TPSA) is 126 Å². The highest BCUT2D eigenvalue weighted by Gasteiger charge is 2.54. The van der Waals surface area contributed by atoms with Crippen molar-refractivity contribution in [3.05, 3.63) is 71.7 Å². The molecule has 4 aromatic rings. The molecular formula is C31H31F3N6O4. The minimum absolute atomic E-state index is 0.00440. The van der Waals surface area contributed by atoms with Crippen molar-refractivity contribution in [2.75, 3.05) is 6.61 Å². The van der Waals surface area contributed by atoms with Crippen LogP contribution in [0.5, 0.6) is 11.6 Å². The van der Waals surface area contributed by atoms with Gasteiger partial charge in [-0.05, 0) is 68.2 Å². The maximum Gasteiger partial charge on any atom is 0.392 e. The molecule has 1 spiro atoms. The number of alkyl halides is 3. The number of primary amides is 1. The van der Waals surface area contributed by atoms with Crippen molar-refractivity contribution in [1.29, 1.82) is 0 Å². The molecule has 0 aliphatic heterocycles. The number of rotatable bonds is 10. The zero-order valence-corrected chi connectivity index (χ0v) is 23.7. The number of hydrogen-bond acceptors (Lipinski definition) is 6. The lowest BCUT2D eigenvalue weighted by Gasteiger charge is -2.57. The molecule has 13 heteroatoms. The van der Waals surface area contributed by atoms with E-state index in [2.05, 4.69) is 15.5 Å². The first-order valence-electron chi connectivity index (χ1n) is 14.7. The highest BCUT2D eigenvalue weighted by molar-refractivity contribution is 6.01. The lowest BCUT2D eigenvalue weighted by Crippen LogP contribution is -2.58. The molecule has 3 heterocycles. The summed E-state index contributed by atoms with van der Waals surface area (Å²) >= 11 is 0. The van der Waals surface area contributed by atoms with Crippen LogP contribution in [0.25, 0.3) is 11.2 Å². The van der Waals surface area contributed by atoms with Crippen LogP contribution in [-0.4, -0.2) is 56.1 Å². The monoisotopic (exact) mass is 608 g/mol. The second kappa shape index (κ2) is 10.6. The van der Waals surface area contributed by atoms with Crippen LogP contribution in [0.1, 0.15) is 77.3 Å². The fourth-order valence-corrected chi connectivity index (χ4v) is 6.52. The molecular weight excluding hydrogens is 577 g/mol. The Morgan fingerprint density at radius 3 is 2.48 bits per heavy atom. The van der Waals surface area contributed by atoms with Gasteiger partial charge in [0, 0.05) is 18.2 Å². The molecule has 0 unspecified atom stereocenters. The number of carbonyl (C=O) groups excluding carboxylic acids is 2. The number of fused-ring (bicyclic) bond motifs is 1. The molecule has 230 valence electrons. The Bertz CT molecular complexity index is 1720. The smallest absolute Gasteiger partial charge is 0.392 e. The Balaban J connectivity index is 0.956. The first kappa shape index (κ1) is 28.2. The Labute approximate surface area is 250 Å². The number of nitrogens with two attached hydrogens (primary N) is 1. The van der Waals surface area contributed by atoms with Crippen LogP contribution in [0.2, 0.25) is 0 Å². The number of hydrogen-bond donors (Lipinski definition) is 2. The molecule has 44 heavy (non-hydrogen) atoms. The molecule has 2 amide bonds. The van der Waals surface area contributed by atoms with Crippen LogP contribution < -0.4 is 20.5 Å². The van der Waals surface area contributed by atoms with Crippen molar-refractivity contribution >= 4 is 17.3 Å². The summed E-state index contributed by atoms with van der Waals surface area (Å²) in [5.74, 6) is -0.113. The lowest BCUT2D eigenvalue weighted by molar-refractivity contribution is -0.139. The van der Waals surface area contributed by atoms with E-state index in [1.807, 2.05) is 30.3 Å². The van der Waals surface area contributed by atoms with E-state index in [9.17, 15) is 22.8 Å². The predicted molar refractivity (Wildman–Crippen MR) is 152 cm³/mol. The van der Waals surface area contributed by atoms with E-state index < -0.39 is 25.1 Å². The molecule has 0 saturated heterocycles. The molecule has 3 aromatic heterocycles. The van der Waals surface area contributed by atoms with Gasteiger partial charge < -0.3 is 20.5 Å². The zero-order chi connectivity index (χ0) is 30.6. The van der Waals surface area contributed by atoms with E-state index in [4.69, 9.17) is 15.2 Å². The SMILES string of the molecule is NC(=O)c1cn(-c2ccccc2)nc1O[C@H]1CC2(C[C@H](NC(=O)c3cnn4c(C5CC5)c(OCCC(F)(F)F)ccc34)C2)C1. The minimum Gasteiger partial charge on any atom is -0.491 e. The van der Waals surface area contributed by atoms with Crippen molar-refractivity contribution in [2.45, 2.75) is 69.2 Å². The molecule has 0 radical (unpaired) electrons. The first-order chi connectivity index (χ1) is 21.1. The van der Waals surface area contributed by atoms with Gasteiger partial charge in [0.05, 0.1) is 41.7 Å². The summed E-state index contributed by atoms with van der Waals surface area (Å²) in [6.07, 6.45) is 2.62. The summed E-state index contributed by atoms with van der Waals surface area (Å²) in [7, 11) is 0. The fraction of sp³-hybridized carbons (Fsp3) is 0.419. The van der Waals surface area contributed by atoms with Gasteiger partial charge in [0.2, 0.25) is 5.88 Å². The molecule has 3 N–H and O–H groups in total. The van der Waals surface area contributed by atoms with Crippen molar-refractivity contribution < 1.29 is 32.2 Å². The number of nitrogens with one attached hydrogen (secondary N) is 1. The number of benzene rings is 1. The van der Waals surface area contributed by atoms with Gasteiger partial charge >= 0.3 is 6.18 Å². The van der Waals surface area contributed by atoms with Crippen LogP contribution in [0.4, 0.5) is 13.2 Å². The maximum atomic E-state index is 13.2. The molecule has 1 aromatic carbocycles. The Morgan fingerprint density at radius 1 is 1.05 bits per heavy atom. The molecule has 0 bridgehead atoms. The number of pyridine rings is 1. The van der Waals surface area contributed by atoms with Gasteiger partial charge in [-0.25, -0.2) is 9.20 Å². The molecule has 7 rings (SSSR count). The summed E-state index contributed by atoms with van der Waals surface area (Å²) < 4.78 is 52.7. The summed E-state index contributed by atoms with van der Waals surface area (Å²) in [5, 5.41) is 12.0. The second-order valence-electron chi connectivity index (χ2n) is 12.1. The summed E-state index contributed by atoms with van der Waals surface area (Å²) in [6, 6.07) is 12.7. The van der Waals surface area contributed by atoms with Crippen LogP contribution >= 0.6 is 0 Å². The second-order valence-corrected chi connectivity index (χ2v) is 12.1. The molecule has 0 atom stereocenters. The van der Waals surface area contributed by atoms with E-state index in [0.29, 0.717) is 22.5 Å². The third-order valence-corrected chi connectivity index (χ3v) is 8.79. The van der Waals surface area contributed by atoms with Gasteiger partial charge in [0.25, 0.3) is 11.8 Å². The molecule has 10 nitrogen and oxygen atoms in total. The maximum absolute atomic E-state index is 13.2. The Morgan fingerprint density at radius 2 is 1.80 bits per heavy atom. The van der Waals surface area contributed by atoms with Gasteiger partial charge in [-0.1, -0.05) is 18.2 Å².